The van der Waals surface area contributed by atoms with Gasteiger partial charge in [-0.3, -0.25) is 9.97 Å². The van der Waals surface area contributed by atoms with Crippen LogP contribution in [0.2, 0.25) is 0 Å². The van der Waals surface area contributed by atoms with Gasteiger partial charge in [0.1, 0.15) is 46.7 Å². The summed E-state index contributed by atoms with van der Waals surface area (Å²) in [6.07, 6.45) is 5.19. The van der Waals surface area contributed by atoms with E-state index in [0.717, 1.165) is 68.7 Å². The first-order chi connectivity index (χ1) is 29.1. The number of benzene rings is 4. The van der Waals surface area contributed by atoms with Gasteiger partial charge in [0.25, 0.3) is 0 Å². The molecule has 2 aromatic heterocycles. The van der Waals surface area contributed by atoms with E-state index in [2.05, 4.69) is 184 Å². The first-order valence-electron chi connectivity index (χ1n) is 22.4. The van der Waals surface area contributed by atoms with Gasteiger partial charge >= 0.3 is 21.1 Å². The molecule has 0 radical (unpaired) electrons. The van der Waals surface area contributed by atoms with Crippen LogP contribution in [0.4, 0.5) is 0 Å². The second-order valence-corrected chi connectivity index (χ2v) is 23.2. The van der Waals surface area contributed by atoms with Crippen molar-refractivity contribution in [1.82, 2.24) is 19.9 Å². The van der Waals surface area contributed by atoms with E-state index in [1.807, 2.05) is 0 Å². The van der Waals surface area contributed by atoms with Crippen LogP contribution in [0.15, 0.2) is 73.3 Å². The Balaban J connectivity index is 0.00000612. The van der Waals surface area contributed by atoms with Gasteiger partial charge in [-0.15, -0.1) is 34.4 Å². The van der Waals surface area contributed by atoms with Crippen LogP contribution in [-0.2, 0) is 55.9 Å². The van der Waals surface area contributed by atoms with Gasteiger partial charge in [0.15, 0.2) is 0 Å². The van der Waals surface area contributed by atoms with Crippen LogP contribution in [0, 0.1) is 23.0 Å². The molecule has 8 rings (SSSR count). The molecule has 4 aromatic carbocycles. The molecule has 2 aliphatic rings. The maximum absolute atomic E-state index is 6.91. The molecule has 0 saturated carbocycles. The zero-order valence-electron chi connectivity index (χ0n) is 40.7. The third-order valence-corrected chi connectivity index (χ3v) is 11.9. The van der Waals surface area contributed by atoms with Crippen molar-refractivity contribution in [3.63, 3.8) is 0 Å². The Hall–Kier alpha value is -4.87. The maximum Gasteiger partial charge on any atom is 2.00 e. The number of hydrogen-bond donors (Lipinski definition) is 0. The van der Waals surface area contributed by atoms with E-state index in [9.17, 15) is 0 Å². The predicted molar refractivity (Wildman–Crippen MR) is 255 cm³/mol. The first kappa shape index (κ1) is 47.1. The molecule has 0 aliphatic carbocycles. The Bertz CT molecular complexity index is 2570. The van der Waals surface area contributed by atoms with Gasteiger partial charge in [-0.05, 0) is 73.3 Å². The van der Waals surface area contributed by atoms with Crippen LogP contribution in [-0.4, -0.2) is 19.9 Å². The normalized spacial score (nSPS) is 15.1. The Labute approximate surface area is 396 Å². The molecular weight excluding hydrogens is 972 g/mol. The molecule has 0 unspecified atom stereocenters. The van der Waals surface area contributed by atoms with Gasteiger partial charge in [0.2, 0.25) is 0 Å². The first-order valence-corrected chi connectivity index (χ1v) is 22.4. The molecule has 0 amide bonds. The summed E-state index contributed by atoms with van der Waals surface area (Å²) in [7, 11) is 0. The number of nitrogens with zero attached hydrogens (tertiary/aromatic N) is 4. The fourth-order valence-corrected chi connectivity index (χ4v) is 8.80. The second kappa shape index (κ2) is 16.2. The van der Waals surface area contributed by atoms with Gasteiger partial charge in [-0.1, -0.05) is 144 Å². The van der Waals surface area contributed by atoms with Gasteiger partial charge in [-0.2, -0.15) is 0 Å². The average molecular weight is 1040 g/mol. The summed E-state index contributed by atoms with van der Waals surface area (Å²) in [5, 5.41) is 0. The number of hydrogen-bond acceptors (Lipinski definition) is 7. The molecule has 0 fully saturated rings. The predicted octanol–water partition coefficient (Wildman–Crippen LogP) is 14.4. The number of rotatable bonds is 6. The average Bonchev–Trinajstić information content (AvgIpc) is 3.15. The third kappa shape index (κ3) is 9.57. The van der Waals surface area contributed by atoms with Crippen molar-refractivity contribution < 1.29 is 35.3 Å². The number of ether oxygens (including phenoxy) is 3. The molecule has 6 aromatic rings. The monoisotopic (exact) mass is 1040 g/mol. The van der Waals surface area contributed by atoms with Crippen molar-refractivity contribution in [3.8, 4) is 68.0 Å². The summed E-state index contributed by atoms with van der Waals surface area (Å²) in [4.78, 5) is 19.4. The molecule has 0 spiro atoms. The summed E-state index contributed by atoms with van der Waals surface area (Å²) in [5.74, 6) is 2.36. The van der Waals surface area contributed by atoms with Crippen molar-refractivity contribution >= 4 is 0 Å². The zero-order chi connectivity index (χ0) is 45.7. The topological polar surface area (TPSA) is 79.2 Å². The fraction of sp³-hybridized carbons (Fsp3) is 0.429. The van der Waals surface area contributed by atoms with Crippen LogP contribution in [0.25, 0.3) is 45.0 Å². The van der Waals surface area contributed by atoms with E-state index in [-0.39, 0.29) is 42.7 Å². The third-order valence-electron chi connectivity index (χ3n) is 11.9. The Morgan fingerprint density at radius 3 is 1.20 bits per heavy atom. The summed E-state index contributed by atoms with van der Waals surface area (Å²) in [6.45, 7) is 35.3. The molecule has 336 valence electrons. The van der Waals surface area contributed by atoms with Crippen molar-refractivity contribution in [1.29, 1.82) is 0 Å². The van der Waals surface area contributed by atoms with Crippen molar-refractivity contribution in [2.45, 2.75) is 146 Å². The molecule has 8 heteroatoms. The Kier molecular flexibility index (Phi) is 11.9. The minimum atomic E-state index is -0.619. The van der Waals surface area contributed by atoms with E-state index in [4.69, 9.17) is 34.1 Å². The van der Waals surface area contributed by atoms with Crippen LogP contribution < -0.4 is 14.2 Å². The summed E-state index contributed by atoms with van der Waals surface area (Å²) in [5.41, 5.74) is 12.1. The Morgan fingerprint density at radius 1 is 0.500 bits per heavy atom. The zero-order valence-corrected chi connectivity index (χ0v) is 42.9. The van der Waals surface area contributed by atoms with Crippen LogP contribution in [0.5, 0.6) is 23.0 Å². The SMILES string of the molecule is CC(C)(C)Cc1ccc2c(c1)C(C)(C)Oc1c(-c3[c-]c(Oc4[c-]c(-c5ncnc6c5OC(C)(C)c5cc(CC(C)(C)C)ccc5-6)cc(C(C)(C)C)c4)cc(C(C)(C)C)c3)ncnc1-2.[Pt+2]. The van der Waals surface area contributed by atoms with E-state index in [0.29, 0.717) is 34.4 Å². The van der Waals surface area contributed by atoms with E-state index < -0.39 is 11.2 Å². The maximum atomic E-state index is 6.91. The molecule has 0 bridgehead atoms. The molecule has 0 N–H and O–H groups in total. The van der Waals surface area contributed by atoms with E-state index in [1.54, 1.807) is 12.7 Å². The Morgan fingerprint density at radius 2 is 0.859 bits per heavy atom. The molecule has 7 nitrogen and oxygen atoms in total. The minimum absolute atomic E-state index is 0. The summed E-state index contributed by atoms with van der Waals surface area (Å²) in [6, 6.07) is 29.0. The van der Waals surface area contributed by atoms with E-state index >= 15 is 0 Å². The standard InChI is InChI=1S/C56H64N4O3.Pt/c1-51(2,3)29-33-17-19-41-43(21-33)55(13,14)62-49-45(57-31-59-47(41)49)35-23-37(53(7,8)9)27-39(25-35)61-40-26-36(24-38(28-40)54(10,11)12)46-50-48(60-32-58-46)42-20-18-34(30-52(4,5)6)22-44(42)56(15,16)63-50;/h17-24,27-28,31-32H,29-30H2,1-16H3;/q-2;+2. The molecule has 4 heterocycles. The van der Waals surface area contributed by atoms with Crippen LogP contribution in [0.1, 0.15) is 144 Å². The second-order valence-electron chi connectivity index (χ2n) is 23.2. The van der Waals surface area contributed by atoms with Crippen LogP contribution in [0.3, 0.4) is 0 Å². The van der Waals surface area contributed by atoms with Crippen molar-refractivity contribution in [2.75, 3.05) is 0 Å². The van der Waals surface area contributed by atoms with E-state index in [1.165, 1.54) is 11.1 Å². The molecule has 0 saturated heterocycles. The molecule has 64 heavy (non-hydrogen) atoms. The molecule has 0 atom stereocenters. The largest absolute Gasteiger partial charge is 2.00 e. The quantitative estimate of drug-likeness (QED) is 0.154. The summed E-state index contributed by atoms with van der Waals surface area (Å²) < 4.78 is 20.7. The fourth-order valence-electron chi connectivity index (χ4n) is 8.80. The molecular formula is C56H64N4O3Pt. The van der Waals surface area contributed by atoms with Gasteiger partial charge in [-0.25, -0.2) is 9.97 Å². The minimum Gasteiger partial charge on any atom is -0.497 e. The number of aromatic nitrogens is 4. The van der Waals surface area contributed by atoms with Gasteiger partial charge in [0, 0.05) is 45.1 Å². The number of fused-ring (bicyclic) bond motifs is 6. The van der Waals surface area contributed by atoms with Crippen molar-refractivity contribution in [2.24, 2.45) is 10.8 Å². The van der Waals surface area contributed by atoms with Crippen LogP contribution >= 0.6 is 0 Å². The van der Waals surface area contributed by atoms with Gasteiger partial charge in [0.05, 0.1) is 0 Å². The van der Waals surface area contributed by atoms with Crippen molar-refractivity contribution in [3.05, 3.63) is 119 Å². The summed E-state index contributed by atoms with van der Waals surface area (Å²) >= 11 is 0. The molecule has 2 aliphatic heterocycles. The van der Waals surface area contributed by atoms with Gasteiger partial charge < -0.3 is 14.2 Å². The smallest absolute Gasteiger partial charge is 0.497 e.